The van der Waals surface area contributed by atoms with Crippen LogP contribution >= 0.6 is 0 Å². The average Bonchev–Trinajstić information content (AvgIpc) is 2.15. The number of nitrogens with zero attached hydrogens (tertiary/aromatic N) is 1. The van der Waals surface area contributed by atoms with E-state index in [2.05, 4.69) is 10.6 Å². The normalized spacial score (nSPS) is 21.7. The number of carboxylic acid groups (broad SMARTS) is 1. The average molecular weight is 229 g/mol. The van der Waals surface area contributed by atoms with E-state index in [9.17, 15) is 9.59 Å². The number of carboxylic acids is 1. The van der Waals surface area contributed by atoms with Crippen LogP contribution in [0.3, 0.4) is 0 Å². The molecule has 1 saturated heterocycles. The zero-order valence-electron chi connectivity index (χ0n) is 9.91. The number of piperazine rings is 1. The third-order valence-electron chi connectivity index (χ3n) is 2.27. The van der Waals surface area contributed by atoms with Crippen LogP contribution in [0.15, 0.2) is 0 Å². The van der Waals surface area contributed by atoms with Crippen molar-refractivity contribution in [3.8, 4) is 0 Å². The summed E-state index contributed by atoms with van der Waals surface area (Å²) in [4.78, 5) is 24.2. The molecule has 1 unspecified atom stereocenters. The van der Waals surface area contributed by atoms with Crippen LogP contribution in [0.4, 0.5) is 4.79 Å². The van der Waals surface area contributed by atoms with Crippen LogP contribution in [-0.4, -0.2) is 53.2 Å². The highest BCUT2D eigenvalue weighted by Gasteiger charge is 2.33. The summed E-state index contributed by atoms with van der Waals surface area (Å²) in [6.45, 7) is 6.93. The van der Waals surface area contributed by atoms with Crippen LogP contribution in [0.25, 0.3) is 0 Å². The van der Waals surface area contributed by atoms with E-state index in [-0.39, 0.29) is 11.6 Å². The van der Waals surface area contributed by atoms with Gasteiger partial charge in [-0.2, -0.15) is 0 Å². The number of hydrogen-bond donors (Lipinski definition) is 3. The van der Waals surface area contributed by atoms with E-state index in [1.807, 2.05) is 20.8 Å². The lowest BCUT2D eigenvalue weighted by molar-refractivity contribution is -0.142. The van der Waals surface area contributed by atoms with Crippen LogP contribution in [0.1, 0.15) is 20.8 Å². The summed E-state index contributed by atoms with van der Waals surface area (Å²) in [5.41, 5.74) is -0.356. The van der Waals surface area contributed by atoms with Gasteiger partial charge in [-0.1, -0.05) is 0 Å². The lowest BCUT2D eigenvalue weighted by Crippen LogP contribution is -2.61. The molecule has 1 fully saturated rings. The largest absolute Gasteiger partial charge is 0.480 e. The molecule has 0 radical (unpaired) electrons. The smallest absolute Gasteiger partial charge is 0.327 e. The Morgan fingerprint density at radius 2 is 2.06 bits per heavy atom. The molecule has 2 amide bonds. The maximum atomic E-state index is 11.9. The van der Waals surface area contributed by atoms with Gasteiger partial charge < -0.3 is 20.6 Å². The molecule has 0 spiro atoms. The number of carbonyl (C=O) groups excluding carboxylic acids is 1. The maximum absolute atomic E-state index is 11.9. The van der Waals surface area contributed by atoms with E-state index in [1.54, 1.807) is 0 Å². The van der Waals surface area contributed by atoms with Crippen LogP contribution in [-0.2, 0) is 4.79 Å². The van der Waals surface area contributed by atoms with Crippen molar-refractivity contribution in [1.82, 2.24) is 15.5 Å². The quantitative estimate of drug-likeness (QED) is 0.584. The number of carbonyl (C=O) groups is 2. The van der Waals surface area contributed by atoms with Crippen molar-refractivity contribution in [3.05, 3.63) is 0 Å². The SMILES string of the molecule is CC(C)(C)NC(=O)N1CCNCC1C(=O)O. The molecule has 0 aromatic carbocycles. The second-order valence-electron chi connectivity index (χ2n) is 4.93. The van der Waals surface area contributed by atoms with E-state index in [0.29, 0.717) is 19.6 Å². The highest BCUT2D eigenvalue weighted by molar-refractivity contribution is 5.83. The summed E-state index contributed by atoms with van der Waals surface area (Å²) in [6.07, 6.45) is 0. The predicted molar refractivity (Wildman–Crippen MR) is 59.3 cm³/mol. The third-order valence-corrected chi connectivity index (χ3v) is 2.27. The number of urea groups is 1. The summed E-state index contributed by atoms with van der Waals surface area (Å²) >= 11 is 0. The van der Waals surface area contributed by atoms with E-state index >= 15 is 0 Å². The maximum Gasteiger partial charge on any atom is 0.327 e. The highest BCUT2D eigenvalue weighted by Crippen LogP contribution is 2.07. The fraction of sp³-hybridized carbons (Fsp3) is 0.800. The topological polar surface area (TPSA) is 81.7 Å². The number of rotatable bonds is 1. The first-order chi connectivity index (χ1) is 7.31. The standard InChI is InChI=1S/C10H19N3O3/c1-10(2,3)12-9(16)13-5-4-11-6-7(13)8(14)15/h7,11H,4-6H2,1-3H3,(H,12,16)(H,14,15). The number of hydrogen-bond acceptors (Lipinski definition) is 3. The minimum Gasteiger partial charge on any atom is -0.480 e. The molecule has 6 nitrogen and oxygen atoms in total. The summed E-state index contributed by atoms with van der Waals surface area (Å²) in [5.74, 6) is -0.976. The van der Waals surface area contributed by atoms with Crippen molar-refractivity contribution in [2.75, 3.05) is 19.6 Å². The van der Waals surface area contributed by atoms with Gasteiger partial charge in [0.2, 0.25) is 0 Å². The zero-order valence-corrected chi connectivity index (χ0v) is 9.91. The molecule has 3 N–H and O–H groups in total. The van der Waals surface area contributed by atoms with Gasteiger partial charge in [0.05, 0.1) is 0 Å². The summed E-state index contributed by atoms with van der Waals surface area (Å²) in [7, 11) is 0. The van der Waals surface area contributed by atoms with Crippen LogP contribution in [0.5, 0.6) is 0 Å². The zero-order chi connectivity index (χ0) is 12.3. The monoisotopic (exact) mass is 229 g/mol. The van der Waals surface area contributed by atoms with Crippen molar-refractivity contribution in [2.45, 2.75) is 32.4 Å². The van der Waals surface area contributed by atoms with Gasteiger partial charge in [-0.3, -0.25) is 0 Å². The Bertz CT molecular complexity index is 286. The Hall–Kier alpha value is -1.30. The van der Waals surface area contributed by atoms with Gasteiger partial charge in [0, 0.05) is 25.2 Å². The Labute approximate surface area is 95.0 Å². The molecular formula is C10H19N3O3. The Kier molecular flexibility index (Phi) is 3.74. The molecule has 0 bridgehead atoms. The van der Waals surface area contributed by atoms with E-state index in [0.717, 1.165) is 0 Å². The molecule has 0 aromatic rings. The van der Waals surface area contributed by atoms with E-state index < -0.39 is 12.0 Å². The van der Waals surface area contributed by atoms with Crippen LogP contribution < -0.4 is 10.6 Å². The molecule has 1 heterocycles. The van der Waals surface area contributed by atoms with Crippen molar-refractivity contribution in [1.29, 1.82) is 0 Å². The number of nitrogens with one attached hydrogen (secondary N) is 2. The first-order valence-corrected chi connectivity index (χ1v) is 5.33. The predicted octanol–water partition coefficient (Wildman–Crippen LogP) is -0.147. The van der Waals surface area contributed by atoms with E-state index in [1.165, 1.54) is 4.90 Å². The molecule has 92 valence electrons. The third kappa shape index (κ3) is 3.37. The number of aliphatic carboxylic acids is 1. The minimum absolute atomic E-state index is 0.299. The molecule has 1 aliphatic rings. The van der Waals surface area contributed by atoms with Gasteiger partial charge in [-0.05, 0) is 20.8 Å². The second kappa shape index (κ2) is 4.69. The summed E-state index contributed by atoms with van der Waals surface area (Å²) in [5, 5.41) is 14.7. The van der Waals surface area contributed by atoms with Gasteiger partial charge in [0.15, 0.2) is 0 Å². The van der Waals surface area contributed by atoms with Gasteiger partial charge in [0.25, 0.3) is 0 Å². The molecule has 6 heteroatoms. The minimum atomic E-state index is -0.976. The summed E-state index contributed by atoms with van der Waals surface area (Å²) < 4.78 is 0. The van der Waals surface area contributed by atoms with Crippen molar-refractivity contribution < 1.29 is 14.7 Å². The molecule has 0 aliphatic carbocycles. The summed E-state index contributed by atoms with van der Waals surface area (Å²) in [6, 6.07) is -1.10. The van der Waals surface area contributed by atoms with Gasteiger partial charge in [-0.15, -0.1) is 0 Å². The molecule has 1 aliphatic heterocycles. The Morgan fingerprint density at radius 1 is 1.44 bits per heavy atom. The molecule has 0 aromatic heterocycles. The van der Waals surface area contributed by atoms with Crippen LogP contribution in [0.2, 0.25) is 0 Å². The molecule has 1 atom stereocenters. The van der Waals surface area contributed by atoms with Crippen molar-refractivity contribution in [3.63, 3.8) is 0 Å². The highest BCUT2D eigenvalue weighted by atomic mass is 16.4. The van der Waals surface area contributed by atoms with Crippen LogP contribution in [0, 0.1) is 0 Å². The molecule has 16 heavy (non-hydrogen) atoms. The van der Waals surface area contributed by atoms with Gasteiger partial charge in [0.1, 0.15) is 6.04 Å². The Balaban J connectivity index is 2.68. The van der Waals surface area contributed by atoms with Gasteiger partial charge in [-0.25, -0.2) is 9.59 Å². The fourth-order valence-corrected chi connectivity index (χ4v) is 1.56. The lowest BCUT2D eigenvalue weighted by Gasteiger charge is -2.35. The second-order valence-corrected chi connectivity index (χ2v) is 4.93. The molecule has 0 saturated carbocycles. The van der Waals surface area contributed by atoms with Crippen molar-refractivity contribution in [2.24, 2.45) is 0 Å². The lowest BCUT2D eigenvalue weighted by atomic mass is 10.1. The fourth-order valence-electron chi connectivity index (χ4n) is 1.56. The Morgan fingerprint density at radius 3 is 2.56 bits per heavy atom. The first-order valence-electron chi connectivity index (χ1n) is 5.33. The van der Waals surface area contributed by atoms with Gasteiger partial charge >= 0.3 is 12.0 Å². The van der Waals surface area contributed by atoms with Crippen molar-refractivity contribution >= 4 is 12.0 Å². The van der Waals surface area contributed by atoms with E-state index in [4.69, 9.17) is 5.11 Å². The molecule has 1 rings (SSSR count). The first kappa shape index (κ1) is 12.8. The molecular weight excluding hydrogens is 210 g/mol. The number of amides is 2.